The van der Waals surface area contributed by atoms with Gasteiger partial charge in [-0.3, -0.25) is 4.79 Å². The molecule has 3 rings (SSSR count). The highest BCUT2D eigenvalue weighted by molar-refractivity contribution is 7.86. The Labute approximate surface area is 171 Å². The van der Waals surface area contributed by atoms with Gasteiger partial charge in [0.25, 0.3) is 16.1 Å². The molecular weight excluding hydrogens is 409 g/mol. The average molecular weight is 434 g/mol. The number of nitrogens with zero attached hydrogens (tertiary/aromatic N) is 3. The van der Waals surface area contributed by atoms with Crippen LogP contribution in [0.5, 0.6) is 0 Å². The molecule has 0 radical (unpaired) electrons. The molecule has 0 aromatic heterocycles. The van der Waals surface area contributed by atoms with Gasteiger partial charge in [-0.1, -0.05) is 48.5 Å². The van der Waals surface area contributed by atoms with Gasteiger partial charge in [0.2, 0.25) is 0 Å². The molecule has 0 spiro atoms. The van der Waals surface area contributed by atoms with Crippen molar-refractivity contribution in [2.75, 3.05) is 33.2 Å². The summed E-state index contributed by atoms with van der Waals surface area (Å²) in [6.45, 7) is 1.23. The predicted octanol–water partition coefficient (Wildman–Crippen LogP) is 3.26. The fourth-order valence-electron chi connectivity index (χ4n) is 3.78. The fraction of sp³-hybridized carbons (Fsp3) is 0.611. The van der Waals surface area contributed by atoms with E-state index in [2.05, 4.69) is 0 Å². The number of hydrogen-bond acceptors (Lipinski definition) is 3. The van der Waals surface area contributed by atoms with Crippen molar-refractivity contribution in [1.82, 2.24) is 13.5 Å². The molecule has 0 N–H and O–H groups in total. The molecule has 0 atom stereocenters. The van der Waals surface area contributed by atoms with Crippen LogP contribution in [0.15, 0.2) is 18.2 Å². The SMILES string of the molecule is CN(C1CCCCC1)S(=O)(=O)N1CCN(C(=O)c2cccc(Cl)c2Cl)CC1. The summed E-state index contributed by atoms with van der Waals surface area (Å²) >= 11 is 12.1. The Hall–Kier alpha value is -0.860. The average Bonchev–Trinajstić information content (AvgIpc) is 2.69. The third-order valence-electron chi connectivity index (χ3n) is 5.49. The Kier molecular flexibility index (Phi) is 6.69. The molecule has 0 bridgehead atoms. The lowest BCUT2D eigenvalue weighted by Gasteiger charge is -2.38. The van der Waals surface area contributed by atoms with Crippen LogP contribution in [0, 0.1) is 0 Å². The van der Waals surface area contributed by atoms with E-state index < -0.39 is 10.2 Å². The van der Waals surface area contributed by atoms with Crippen molar-refractivity contribution in [3.8, 4) is 0 Å². The quantitative estimate of drug-likeness (QED) is 0.731. The first-order valence-corrected chi connectivity index (χ1v) is 11.4. The molecule has 1 aromatic carbocycles. The van der Waals surface area contributed by atoms with Crippen LogP contribution >= 0.6 is 23.2 Å². The number of carbonyl (C=O) groups excluding carboxylic acids is 1. The minimum atomic E-state index is -3.51. The molecule has 1 aliphatic carbocycles. The van der Waals surface area contributed by atoms with E-state index in [0.29, 0.717) is 23.7 Å². The lowest BCUT2D eigenvalue weighted by molar-refractivity contribution is 0.0693. The topological polar surface area (TPSA) is 60.9 Å². The van der Waals surface area contributed by atoms with Gasteiger partial charge in [-0.2, -0.15) is 17.0 Å². The number of rotatable bonds is 4. The van der Waals surface area contributed by atoms with Crippen molar-refractivity contribution >= 4 is 39.3 Å². The van der Waals surface area contributed by atoms with Crippen molar-refractivity contribution in [3.63, 3.8) is 0 Å². The summed E-state index contributed by atoms with van der Waals surface area (Å²) in [6, 6.07) is 5.03. The van der Waals surface area contributed by atoms with Gasteiger partial charge in [-0.25, -0.2) is 0 Å². The zero-order valence-electron chi connectivity index (χ0n) is 15.4. The third kappa shape index (κ3) is 4.43. The Bertz CT molecular complexity index is 789. The first-order chi connectivity index (χ1) is 12.8. The fourth-order valence-corrected chi connectivity index (χ4v) is 5.73. The predicted molar refractivity (Wildman–Crippen MR) is 107 cm³/mol. The van der Waals surface area contributed by atoms with Gasteiger partial charge in [0.15, 0.2) is 0 Å². The highest BCUT2D eigenvalue weighted by Crippen LogP contribution is 2.28. The summed E-state index contributed by atoms with van der Waals surface area (Å²) in [4.78, 5) is 14.3. The van der Waals surface area contributed by atoms with Crippen LogP contribution in [-0.4, -0.2) is 67.1 Å². The molecule has 1 saturated heterocycles. The summed E-state index contributed by atoms with van der Waals surface area (Å²) in [5.74, 6) is -0.222. The lowest BCUT2D eigenvalue weighted by Crippen LogP contribution is -2.55. The highest BCUT2D eigenvalue weighted by atomic mass is 35.5. The normalized spacial score (nSPS) is 20.2. The van der Waals surface area contributed by atoms with Crippen molar-refractivity contribution in [3.05, 3.63) is 33.8 Å². The summed E-state index contributed by atoms with van der Waals surface area (Å²) < 4.78 is 28.9. The largest absolute Gasteiger partial charge is 0.336 e. The van der Waals surface area contributed by atoms with Crippen molar-refractivity contribution in [2.45, 2.75) is 38.1 Å². The van der Waals surface area contributed by atoms with Gasteiger partial charge >= 0.3 is 0 Å². The molecule has 1 heterocycles. The molecule has 1 saturated carbocycles. The zero-order valence-corrected chi connectivity index (χ0v) is 17.7. The second-order valence-corrected chi connectivity index (χ2v) is 9.88. The number of hydrogen-bond donors (Lipinski definition) is 0. The van der Waals surface area contributed by atoms with Crippen molar-refractivity contribution in [1.29, 1.82) is 0 Å². The summed E-state index contributed by atoms with van der Waals surface area (Å²) in [7, 11) is -1.83. The lowest BCUT2D eigenvalue weighted by atomic mass is 9.96. The van der Waals surface area contributed by atoms with E-state index in [4.69, 9.17) is 23.2 Å². The van der Waals surface area contributed by atoms with Gasteiger partial charge in [0.05, 0.1) is 15.6 Å². The molecule has 2 aliphatic rings. The van der Waals surface area contributed by atoms with Gasteiger partial charge in [0.1, 0.15) is 0 Å². The van der Waals surface area contributed by atoms with Crippen LogP contribution in [0.4, 0.5) is 0 Å². The Balaban J connectivity index is 1.64. The number of benzene rings is 1. The molecule has 1 aromatic rings. The molecule has 6 nitrogen and oxygen atoms in total. The van der Waals surface area contributed by atoms with Crippen LogP contribution in [0.3, 0.4) is 0 Å². The third-order valence-corrected chi connectivity index (χ3v) is 8.35. The van der Waals surface area contributed by atoms with E-state index in [-0.39, 0.29) is 30.1 Å². The summed E-state index contributed by atoms with van der Waals surface area (Å²) in [5.41, 5.74) is 0.347. The van der Waals surface area contributed by atoms with Crippen molar-refractivity contribution < 1.29 is 13.2 Å². The smallest absolute Gasteiger partial charge is 0.282 e. The number of piperazine rings is 1. The number of carbonyl (C=O) groups is 1. The zero-order chi connectivity index (χ0) is 19.6. The first-order valence-electron chi connectivity index (χ1n) is 9.29. The van der Waals surface area contributed by atoms with E-state index in [1.807, 2.05) is 0 Å². The van der Waals surface area contributed by atoms with E-state index in [9.17, 15) is 13.2 Å². The molecule has 1 amide bonds. The van der Waals surface area contributed by atoms with Gasteiger partial charge in [0, 0.05) is 39.3 Å². The van der Waals surface area contributed by atoms with E-state index in [1.54, 1.807) is 30.1 Å². The number of halogens is 2. The van der Waals surface area contributed by atoms with Crippen molar-refractivity contribution in [2.24, 2.45) is 0 Å². The molecule has 150 valence electrons. The highest BCUT2D eigenvalue weighted by Gasteiger charge is 2.35. The molecular formula is C18H25Cl2N3O3S. The maximum absolute atomic E-state index is 12.9. The van der Waals surface area contributed by atoms with E-state index in [1.165, 1.54) is 15.0 Å². The monoisotopic (exact) mass is 433 g/mol. The van der Waals surface area contributed by atoms with Crippen LogP contribution in [0.25, 0.3) is 0 Å². The Morgan fingerprint density at radius 2 is 1.70 bits per heavy atom. The first kappa shape index (κ1) is 20.9. The van der Waals surface area contributed by atoms with Gasteiger partial charge in [-0.15, -0.1) is 0 Å². The maximum Gasteiger partial charge on any atom is 0.282 e. The van der Waals surface area contributed by atoms with Crippen LogP contribution in [0.2, 0.25) is 10.0 Å². The minimum absolute atomic E-state index is 0.0775. The summed E-state index contributed by atoms with van der Waals surface area (Å²) in [6.07, 6.45) is 5.17. The Morgan fingerprint density at radius 1 is 1.07 bits per heavy atom. The van der Waals surface area contributed by atoms with E-state index >= 15 is 0 Å². The van der Waals surface area contributed by atoms with E-state index in [0.717, 1.165) is 25.7 Å². The van der Waals surface area contributed by atoms with Crippen LogP contribution in [0.1, 0.15) is 42.5 Å². The second kappa shape index (κ2) is 8.66. The minimum Gasteiger partial charge on any atom is -0.336 e. The standard InChI is InChI=1S/C18H25Cl2N3O3S/c1-21(14-6-3-2-4-7-14)27(25,26)23-12-10-22(11-13-23)18(24)15-8-5-9-16(19)17(15)20/h5,8-9,14H,2-4,6-7,10-13H2,1H3. The molecule has 1 aliphatic heterocycles. The van der Waals surface area contributed by atoms with Crippen LogP contribution < -0.4 is 0 Å². The van der Waals surface area contributed by atoms with Gasteiger partial charge in [-0.05, 0) is 25.0 Å². The molecule has 9 heteroatoms. The second-order valence-electron chi connectivity index (χ2n) is 7.11. The molecule has 2 fully saturated rings. The van der Waals surface area contributed by atoms with Gasteiger partial charge < -0.3 is 4.90 Å². The maximum atomic E-state index is 12.9. The Morgan fingerprint density at radius 3 is 2.33 bits per heavy atom. The number of amides is 1. The molecule has 0 unspecified atom stereocenters. The summed E-state index contributed by atoms with van der Waals surface area (Å²) in [5, 5.41) is 0.564. The molecule has 27 heavy (non-hydrogen) atoms. The van der Waals surface area contributed by atoms with Crippen LogP contribution in [-0.2, 0) is 10.2 Å².